The van der Waals surface area contributed by atoms with Gasteiger partial charge in [0.2, 0.25) is 5.91 Å². The molecule has 150 valence electrons. The maximum atomic E-state index is 13.2. The van der Waals surface area contributed by atoms with Crippen molar-refractivity contribution in [2.45, 2.75) is 44.4 Å². The number of amides is 1. The predicted octanol–water partition coefficient (Wildman–Crippen LogP) is 4.74. The predicted molar refractivity (Wildman–Crippen MR) is 118 cm³/mol. The molecular weight excluding hydrogens is 366 g/mol. The third-order valence-electron chi connectivity index (χ3n) is 5.06. The van der Waals surface area contributed by atoms with Crippen molar-refractivity contribution < 1.29 is 9.59 Å². The van der Waals surface area contributed by atoms with Crippen molar-refractivity contribution in [2.75, 3.05) is 7.05 Å². The molecule has 0 saturated carbocycles. The van der Waals surface area contributed by atoms with Crippen molar-refractivity contribution in [3.63, 3.8) is 0 Å². The number of hydrogen-bond donors (Lipinski definition) is 2. The molecule has 2 aromatic rings. The molecule has 2 aromatic carbocycles. The molecule has 0 aliphatic heterocycles. The van der Waals surface area contributed by atoms with Crippen molar-refractivity contribution in [2.24, 2.45) is 17.8 Å². The minimum atomic E-state index is -0.346. The van der Waals surface area contributed by atoms with Crippen molar-refractivity contribution in [3.8, 4) is 0 Å². The third-order valence-corrected chi connectivity index (χ3v) is 5.50. The zero-order valence-electron chi connectivity index (χ0n) is 17.0. The summed E-state index contributed by atoms with van der Waals surface area (Å²) in [5, 5.41) is 2.73. The van der Waals surface area contributed by atoms with Gasteiger partial charge < -0.3 is 5.32 Å². The second-order valence-electron chi connectivity index (χ2n) is 7.83. The van der Waals surface area contributed by atoms with Gasteiger partial charge in [-0.25, -0.2) is 0 Å². The van der Waals surface area contributed by atoms with Gasteiger partial charge in [0.1, 0.15) is 5.78 Å². The van der Waals surface area contributed by atoms with E-state index in [0.717, 1.165) is 22.4 Å². The number of rotatable bonds is 10. The smallest absolute Gasteiger partial charge is 0.223 e. The first-order valence-electron chi connectivity index (χ1n) is 9.95. The second kappa shape index (κ2) is 11.1. The standard InChI is InChI=1S/C24H31NO2S/c1-17(2)13-20(15-19-11-7-8-12-23(19)28)22(26)16-21(24(27)25-3)14-18-9-5-4-6-10-18/h4-12,17,20-21,28H,13-16H2,1-3H3,(H,25,27)/t20-,21+/m0/s1. The van der Waals surface area contributed by atoms with Crippen LogP contribution in [0.1, 0.15) is 37.8 Å². The average Bonchev–Trinajstić information content (AvgIpc) is 2.68. The Kier molecular flexibility index (Phi) is 8.78. The van der Waals surface area contributed by atoms with Crippen LogP contribution in [-0.2, 0) is 22.4 Å². The van der Waals surface area contributed by atoms with E-state index in [-0.39, 0.29) is 29.9 Å². The summed E-state index contributed by atoms with van der Waals surface area (Å²) < 4.78 is 0. The molecular formula is C24H31NO2S. The Hall–Kier alpha value is -2.07. The van der Waals surface area contributed by atoms with Crippen molar-refractivity contribution in [1.82, 2.24) is 5.32 Å². The molecule has 2 rings (SSSR count). The Balaban J connectivity index is 2.16. The molecule has 1 amide bonds. The highest BCUT2D eigenvalue weighted by Gasteiger charge is 2.27. The fourth-order valence-corrected chi connectivity index (χ4v) is 3.87. The van der Waals surface area contributed by atoms with Crippen LogP contribution in [0.25, 0.3) is 0 Å². The van der Waals surface area contributed by atoms with E-state index < -0.39 is 0 Å². The molecule has 4 heteroatoms. The van der Waals surface area contributed by atoms with E-state index in [4.69, 9.17) is 0 Å². The highest BCUT2D eigenvalue weighted by Crippen LogP contribution is 2.25. The number of Topliss-reactive ketones (excluding diaryl/α,β-unsaturated/α-hetero) is 1. The number of carbonyl (C=O) groups excluding carboxylic acids is 2. The van der Waals surface area contributed by atoms with Gasteiger partial charge in [0.05, 0.1) is 0 Å². The molecule has 0 bridgehead atoms. The summed E-state index contributed by atoms with van der Waals surface area (Å²) in [5.74, 6) is 0.0514. The fourth-order valence-electron chi connectivity index (χ4n) is 3.62. The van der Waals surface area contributed by atoms with Gasteiger partial charge in [0, 0.05) is 30.2 Å². The van der Waals surface area contributed by atoms with E-state index >= 15 is 0 Å². The molecule has 0 fully saturated rings. The Morgan fingerprint density at radius 2 is 1.57 bits per heavy atom. The van der Waals surface area contributed by atoms with E-state index in [1.54, 1.807) is 7.05 Å². The SMILES string of the molecule is CNC(=O)[C@@H](CC(=O)[C@H](Cc1ccccc1S)CC(C)C)Cc1ccccc1. The van der Waals surface area contributed by atoms with E-state index in [1.807, 2.05) is 54.6 Å². The topological polar surface area (TPSA) is 46.2 Å². The molecule has 2 atom stereocenters. The van der Waals surface area contributed by atoms with Crippen LogP contribution < -0.4 is 5.32 Å². The minimum absolute atomic E-state index is 0.0740. The van der Waals surface area contributed by atoms with Crippen LogP contribution in [0.2, 0.25) is 0 Å². The van der Waals surface area contributed by atoms with Gasteiger partial charge in [0.15, 0.2) is 0 Å². The van der Waals surface area contributed by atoms with E-state index in [1.165, 1.54) is 0 Å². The van der Waals surface area contributed by atoms with Gasteiger partial charge in [-0.1, -0.05) is 62.4 Å². The van der Waals surface area contributed by atoms with Crippen LogP contribution in [0.4, 0.5) is 0 Å². The van der Waals surface area contributed by atoms with Gasteiger partial charge in [-0.3, -0.25) is 9.59 Å². The summed E-state index contributed by atoms with van der Waals surface area (Å²) in [6.45, 7) is 4.26. The van der Waals surface area contributed by atoms with Gasteiger partial charge in [-0.15, -0.1) is 12.6 Å². The molecule has 0 aromatic heterocycles. The Morgan fingerprint density at radius 3 is 2.18 bits per heavy atom. The van der Waals surface area contributed by atoms with Crippen molar-refractivity contribution >= 4 is 24.3 Å². The zero-order chi connectivity index (χ0) is 20.5. The molecule has 0 aliphatic carbocycles. The average molecular weight is 398 g/mol. The van der Waals surface area contributed by atoms with Crippen LogP contribution in [-0.4, -0.2) is 18.7 Å². The van der Waals surface area contributed by atoms with Crippen LogP contribution in [0.3, 0.4) is 0 Å². The van der Waals surface area contributed by atoms with E-state index in [2.05, 4.69) is 31.8 Å². The molecule has 0 unspecified atom stereocenters. The Morgan fingerprint density at radius 1 is 0.929 bits per heavy atom. The van der Waals surface area contributed by atoms with Gasteiger partial charge in [0.25, 0.3) is 0 Å². The molecule has 0 heterocycles. The van der Waals surface area contributed by atoms with E-state index in [0.29, 0.717) is 18.8 Å². The maximum Gasteiger partial charge on any atom is 0.223 e. The quantitative estimate of drug-likeness (QED) is 0.569. The molecule has 0 aliphatic rings. The lowest BCUT2D eigenvalue weighted by molar-refractivity contribution is -0.131. The lowest BCUT2D eigenvalue weighted by atomic mass is 9.82. The number of ketones is 1. The molecule has 0 radical (unpaired) electrons. The van der Waals surface area contributed by atoms with E-state index in [9.17, 15) is 9.59 Å². The normalized spacial score (nSPS) is 13.2. The zero-order valence-corrected chi connectivity index (χ0v) is 17.9. The van der Waals surface area contributed by atoms with Crippen molar-refractivity contribution in [3.05, 3.63) is 65.7 Å². The summed E-state index contributed by atoms with van der Waals surface area (Å²) in [5.41, 5.74) is 2.16. The molecule has 0 spiro atoms. The fraction of sp³-hybridized carbons (Fsp3) is 0.417. The molecule has 28 heavy (non-hydrogen) atoms. The van der Waals surface area contributed by atoms with Crippen LogP contribution in [0, 0.1) is 17.8 Å². The van der Waals surface area contributed by atoms with Gasteiger partial charge in [-0.05, 0) is 42.4 Å². The number of nitrogens with one attached hydrogen (secondary N) is 1. The lowest BCUT2D eigenvalue weighted by Gasteiger charge is -2.22. The number of hydrogen-bond acceptors (Lipinski definition) is 3. The summed E-state index contributed by atoms with van der Waals surface area (Å²) in [4.78, 5) is 26.6. The van der Waals surface area contributed by atoms with Crippen LogP contribution >= 0.6 is 12.6 Å². The molecule has 1 N–H and O–H groups in total. The first-order valence-corrected chi connectivity index (χ1v) is 10.4. The van der Waals surface area contributed by atoms with Crippen LogP contribution in [0.5, 0.6) is 0 Å². The lowest BCUT2D eigenvalue weighted by Crippen LogP contribution is -2.33. The summed E-state index contributed by atoms with van der Waals surface area (Å²) >= 11 is 4.54. The van der Waals surface area contributed by atoms with Crippen LogP contribution in [0.15, 0.2) is 59.5 Å². The number of carbonyl (C=O) groups is 2. The number of benzene rings is 2. The van der Waals surface area contributed by atoms with Gasteiger partial charge in [-0.2, -0.15) is 0 Å². The van der Waals surface area contributed by atoms with Gasteiger partial charge >= 0.3 is 0 Å². The minimum Gasteiger partial charge on any atom is -0.359 e. The third kappa shape index (κ3) is 6.83. The summed E-state index contributed by atoms with van der Waals surface area (Å²) in [7, 11) is 1.63. The highest BCUT2D eigenvalue weighted by molar-refractivity contribution is 7.80. The number of thiol groups is 1. The monoisotopic (exact) mass is 397 g/mol. The second-order valence-corrected chi connectivity index (χ2v) is 8.31. The Labute approximate surface area is 174 Å². The Bertz CT molecular complexity index is 773. The van der Waals surface area contributed by atoms with Crippen molar-refractivity contribution in [1.29, 1.82) is 0 Å². The molecule has 3 nitrogen and oxygen atoms in total. The molecule has 0 saturated heterocycles. The first kappa shape index (κ1) is 22.2. The highest BCUT2D eigenvalue weighted by atomic mass is 32.1. The summed E-state index contributed by atoms with van der Waals surface area (Å²) in [6.07, 6.45) is 2.32. The summed E-state index contributed by atoms with van der Waals surface area (Å²) in [6, 6.07) is 17.8. The maximum absolute atomic E-state index is 13.2. The first-order chi connectivity index (χ1) is 13.4. The largest absolute Gasteiger partial charge is 0.359 e.